The Balaban J connectivity index is 2.29. The average molecular weight is 209 g/mol. The highest BCUT2D eigenvalue weighted by Crippen LogP contribution is 2.31. The molecule has 1 saturated carbocycles. The molecule has 1 rings (SSSR count). The van der Waals surface area contributed by atoms with Crippen molar-refractivity contribution in [2.45, 2.75) is 39.0 Å². The quantitative estimate of drug-likeness (QED) is 0.503. The van der Waals surface area contributed by atoms with E-state index in [1.54, 1.807) is 0 Å². The van der Waals surface area contributed by atoms with Crippen LogP contribution in [0, 0.1) is 11.8 Å². The normalized spacial score (nSPS) is 25.2. The van der Waals surface area contributed by atoms with Crippen LogP contribution in [-0.2, 0) is 4.79 Å². The van der Waals surface area contributed by atoms with E-state index < -0.39 is 0 Å². The number of allylic oxidation sites excluding steroid dienone is 1. The lowest BCUT2D eigenvalue weighted by Gasteiger charge is -2.20. The number of carbonyl (C=O) groups excluding carboxylic acids is 1. The lowest BCUT2D eigenvalue weighted by Crippen LogP contribution is -2.32. The highest BCUT2D eigenvalue weighted by atomic mass is 16.2. The van der Waals surface area contributed by atoms with Crippen LogP contribution in [0.1, 0.15) is 39.0 Å². The summed E-state index contributed by atoms with van der Waals surface area (Å²) >= 11 is 0. The summed E-state index contributed by atoms with van der Waals surface area (Å²) in [6.45, 7) is 6.80. The predicted octanol–water partition coefficient (Wildman–Crippen LogP) is 2.85. The zero-order chi connectivity index (χ0) is 11.3. The van der Waals surface area contributed by atoms with Crippen LogP contribution in [0.15, 0.2) is 12.7 Å². The zero-order valence-electron chi connectivity index (χ0n) is 10.0. The Morgan fingerprint density at radius 2 is 2.27 bits per heavy atom. The summed E-state index contributed by atoms with van der Waals surface area (Å²) in [5, 5.41) is 0. The molecule has 0 aromatic heterocycles. The molecule has 0 N–H and O–H groups in total. The number of rotatable bonds is 5. The fourth-order valence-corrected chi connectivity index (χ4v) is 2.33. The summed E-state index contributed by atoms with van der Waals surface area (Å²) in [7, 11) is 1.93. The van der Waals surface area contributed by atoms with Crippen LogP contribution in [0.25, 0.3) is 0 Å². The van der Waals surface area contributed by atoms with Gasteiger partial charge in [-0.2, -0.15) is 0 Å². The Bertz CT molecular complexity index is 225. The Kier molecular flexibility index (Phi) is 4.86. The molecule has 0 aliphatic heterocycles. The van der Waals surface area contributed by atoms with Gasteiger partial charge in [0.15, 0.2) is 0 Å². The summed E-state index contributed by atoms with van der Waals surface area (Å²) in [4.78, 5) is 13.9. The number of unbranched alkanes of at least 4 members (excludes halogenated alkanes) is 1. The summed E-state index contributed by atoms with van der Waals surface area (Å²) in [6.07, 6.45) is 7.34. The Hall–Kier alpha value is -0.790. The van der Waals surface area contributed by atoms with Crippen LogP contribution < -0.4 is 0 Å². The van der Waals surface area contributed by atoms with E-state index in [0.29, 0.717) is 11.8 Å². The third-order valence-corrected chi connectivity index (χ3v) is 3.32. The van der Waals surface area contributed by atoms with Gasteiger partial charge in [0.05, 0.1) is 0 Å². The molecule has 0 radical (unpaired) electrons. The molecule has 0 bridgehead atoms. The topological polar surface area (TPSA) is 20.3 Å². The van der Waals surface area contributed by atoms with Gasteiger partial charge in [0.25, 0.3) is 0 Å². The zero-order valence-corrected chi connectivity index (χ0v) is 10.0. The fraction of sp³-hybridized carbons (Fsp3) is 0.769. The highest BCUT2D eigenvalue weighted by Gasteiger charge is 2.28. The molecule has 2 nitrogen and oxygen atoms in total. The minimum atomic E-state index is 0.300. The van der Waals surface area contributed by atoms with Gasteiger partial charge in [0.2, 0.25) is 5.91 Å². The van der Waals surface area contributed by atoms with Crippen molar-refractivity contribution in [2.75, 3.05) is 13.6 Å². The first-order valence-corrected chi connectivity index (χ1v) is 6.01. The molecule has 1 fully saturated rings. The number of hydrogen-bond acceptors (Lipinski definition) is 1. The molecule has 2 atom stereocenters. The molecule has 0 heterocycles. The minimum Gasteiger partial charge on any atom is -0.346 e. The summed E-state index contributed by atoms with van der Waals surface area (Å²) in [6, 6.07) is 0. The Morgan fingerprint density at radius 1 is 1.53 bits per heavy atom. The van der Waals surface area contributed by atoms with Crippen molar-refractivity contribution in [1.82, 2.24) is 4.90 Å². The van der Waals surface area contributed by atoms with Gasteiger partial charge in [-0.25, -0.2) is 0 Å². The first-order chi connectivity index (χ1) is 7.15. The van der Waals surface area contributed by atoms with Crippen LogP contribution in [0.2, 0.25) is 0 Å². The molecular formula is C13H23NO. The lowest BCUT2D eigenvalue weighted by atomic mass is 10.0. The van der Waals surface area contributed by atoms with Crippen molar-refractivity contribution in [1.29, 1.82) is 0 Å². The lowest BCUT2D eigenvalue weighted by molar-refractivity contribution is -0.134. The van der Waals surface area contributed by atoms with E-state index in [9.17, 15) is 4.79 Å². The van der Waals surface area contributed by atoms with E-state index in [0.717, 1.165) is 38.1 Å². The predicted molar refractivity (Wildman–Crippen MR) is 63.6 cm³/mol. The summed E-state index contributed by atoms with van der Waals surface area (Å²) in [5.41, 5.74) is 0. The highest BCUT2D eigenvalue weighted by molar-refractivity contribution is 5.78. The molecule has 15 heavy (non-hydrogen) atoms. The van der Waals surface area contributed by atoms with Gasteiger partial charge in [0.1, 0.15) is 0 Å². The first-order valence-electron chi connectivity index (χ1n) is 6.01. The van der Waals surface area contributed by atoms with Gasteiger partial charge in [0, 0.05) is 19.5 Å². The average Bonchev–Trinajstić information content (AvgIpc) is 2.64. The SMILES string of the molecule is C=CCCCN(C)C(=O)[C@H]1CC[C@@H](C)C1. The Morgan fingerprint density at radius 3 is 2.80 bits per heavy atom. The second-order valence-corrected chi connectivity index (χ2v) is 4.81. The van der Waals surface area contributed by atoms with Crippen molar-refractivity contribution in [3.05, 3.63) is 12.7 Å². The maximum Gasteiger partial charge on any atom is 0.225 e. The van der Waals surface area contributed by atoms with Crippen LogP contribution in [0.5, 0.6) is 0 Å². The Labute approximate surface area is 93.3 Å². The van der Waals surface area contributed by atoms with Crippen molar-refractivity contribution in [2.24, 2.45) is 11.8 Å². The van der Waals surface area contributed by atoms with E-state index in [1.165, 1.54) is 6.42 Å². The molecule has 1 amide bonds. The molecule has 1 aliphatic rings. The smallest absolute Gasteiger partial charge is 0.225 e. The largest absolute Gasteiger partial charge is 0.346 e. The van der Waals surface area contributed by atoms with Crippen LogP contribution >= 0.6 is 0 Å². The van der Waals surface area contributed by atoms with Crippen LogP contribution in [0.3, 0.4) is 0 Å². The minimum absolute atomic E-state index is 0.300. The molecule has 0 spiro atoms. The van der Waals surface area contributed by atoms with Crippen molar-refractivity contribution < 1.29 is 4.79 Å². The maximum absolute atomic E-state index is 12.0. The van der Waals surface area contributed by atoms with Crippen LogP contribution in [0.4, 0.5) is 0 Å². The standard InChI is InChI=1S/C13H23NO/c1-4-5-6-9-14(3)13(15)12-8-7-11(2)10-12/h4,11-12H,1,5-10H2,2-3H3/t11-,12+/m1/s1. The van der Waals surface area contributed by atoms with Crippen molar-refractivity contribution in [3.8, 4) is 0 Å². The number of hydrogen-bond donors (Lipinski definition) is 0. The summed E-state index contributed by atoms with van der Waals surface area (Å²) < 4.78 is 0. The molecule has 0 saturated heterocycles. The first kappa shape index (κ1) is 12.3. The molecule has 0 unspecified atom stereocenters. The van der Waals surface area contributed by atoms with Gasteiger partial charge < -0.3 is 4.90 Å². The number of carbonyl (C=O) groups is 1. The second-order valence-electron chi connectivity index (χ2n) is 4.81. The van der Waals surface area contributed by atoms with Gasteiger partial charge in [-0.1, -0.05) is 13.0 Å². The molecular weight excluding hydrogens is 186 g/mol. The maximum atomic E-state index is 12.0. The molecule has 2 heteroatoms. The van der Waals surface area contributed by atoms with Crippen molar-refractivity contribution >= 4 is 5.91 Å². The van der Waals surface area contributed by atoms with Gasteiger partial charge >= 0.3 is 0 Å². The number of nitrogens with zero attached hydrogens (tertiary/aromatic N) is 1. The number of amides is 1. The third-order valence-electron chi connectivity index (χ3n) is 3.32. The van der Waals surface area contributed by atoms with Gasteiger partial charge in [-0.15, -0.1) is 6.58 Å². The molecule has 1 aliphatic carbocycles. The van der Waals surface area contributed by atoms with Gasteiger partial charge in [-0.05, 0) is 38.0 Å². The van der Waals surface area contributed by atoms with E-state index in [4.69, 9.17) is 0 Å². The third kappa shape index (κ3) is 3.69. The van der Waals surface area contributed by atoms with E-state index in [2.05, 4.69) is 13.5 Å². The fourth-order valence-electron chi connectivity index (χ4n) is 2.33. The molecule has 0 aromatic carbocycles. The van der Waals surface area contributed by atoms with Gasteiger partial charge in [-0.3, -0.25) is 4.79 Å². The van der Waals surface area contributed by atoms with Crippen LogP contribution in [-0.4, -0.2) is 24.4 Å². The van der Waals surface area contributed by atoms with E-state index in [-0.39, 0.29) is 0 Å². The van der Waals surface area contributed by atoms with Crippen molar-refractivity contribution in [3.63, 3.8) is 0 Å². The molecule has 86 valence electrons. The van der Waals surface area contributed by atoms with E-state index in [1.807, 2.05) is 18.0 Å². The monoisotopic (exact) mass is 209 g/mol. The second kappa shape index (κ2) is 5.94. The summed E-state index contributed by atoms with van der Waals surface area (Å²) in [5.74, 6) is 1.39. The van der Waals surface area contributed by atoms with E-state index >= 15 is 0 Å². The molecule has 0 aromatic rings.